The summed E-state index contributed by atoms with van der Waals surface area (Å²) in [5.41, 5.74) is 8.91. The average molecular weight is 327 g/mol. The highest BCUT2D eigenvalue weighted by molar-refractivity contribution is 7.65. The highest BCUT2D eigenvalue weighted by Crippen LogP contribution is 2.68. The molecule has 0 bridgehead atoms. The Kier molecular flexibility index (Phi) is 4.84. The van der Waals surface area contributed by atoms with Gasteiger partial charge in [0.25, 0.3) is 0 Å². The molecule has 120 valence electrons. The Balaban J connectivity index is 1.87. The molecule has 21 heavy (non-hydrogen) atoms. The van der Waals surface area contributed by atoms with E-state index in [4.69, 9.17) is 0 Å². The van der Waals surface area contributed by atoms with Crippen LogP contribution < -0.4 is 5.53 Å². The fourth-order valence-electron chi connectivity index (χ4n) is 4.13. The quantitative estimate of drug-likeness (QED) is 0.747. The lowest BCUT2D eigenvalue weighted by Crippen LogP contribution is -2.39. The van der Waals surface area contributed by atoms with Gasteiger partial charge >= 0.3 is 0 Å². The molecule has 0 aromatic rings. The molecule has 0 amide bonds. The molecule has 4 atom stereocenters. The van der Waals surface area contributed by atoms with Gasteiger partial charge in [0.2, 0.25) is 0 Å². The minimum Gasteiger partial charge on any atom is -0.296 e. The summed E-state index contributed by atoms with van der Waals surface area (Å²) in [5.74, 6) is 0. The molecule has 3 aliphatic rings. The van der Waals surface area contributed by atoms with E-state index in [9.17, 15) is 0 Å². The zero-order valence-corrected chi connectivity index (χ0v) is 16.0. The number of rotatable bonds is 3. The monoisotopic (exact) mass is 327 g/mol. The van der Waals surface area contributed by atoms with Crippen molar-refractivity contribution in [2.75, 3.05) is 6.54 Å². The molecular weight excluding hydrogens is 296 g/mol. The molecule has 2 saturated heterocycles. The SMILES string of the molecule is CCN1C=C(P2[C@@H](C)CC[C@@H]2C)N(P2[C@@H](C)CC[C@@H]2C)N1. The van der Waals surface area contributed by atoms with Gasteiger partial charge in [0.15, 0.2) is 0 Å². The molecule has 0 saturated carbocycles. The van der Waals surface area contributed by atoms with Crippen molar-refractivity contribution < 1.29 is 0 Å². The van der Waals surface area contributed by atoms with Crippen molar-refractivity contribution in [1.82, 2.24) is 15.3 Å². The molecule has 5 heteroatoms. The number of hydrazine groups is 2. The van der Waals surface area contributed by atoms with Crippen LogP contribution in [-0.4, -0.2) is 39.0 Å². The molecule has 3 rings (SSSR count). The lowest BCUT2D eigenvalue weighted by Gasteiger charge is -2.38. The van der Waals surface area contributed by atoms with Crippen LogP contribution in [0, 0.1) is 0 Å². The molecule has 0 aromatic heterocycles. The van der Waals surface area contributed by atoms with E-state index < -0.39 is 0 Å². The summed E-state index contributed by atoms with van der Waals surface area (Å²) in [7, 11) is -0.0615. The van der Waals surface area contributed by atoms with Gasteiger partial charge < -0.3 is 0 Å². The fourth-order valence-corrected chi connectivity index (χ4v) is 10.9. The molecule has 0 aliphatic carbocycles. The van der Waals surface area contributed by atoms with Crippen LogP contribution >= 0.6 is 16.0 Å². The van der Waals surface area contributed by atoms with Crippen LogP contribution in [0.2, 0.25) is 0 Å². The summed E-state index contributed by atoms with van der Waals surface area (Å²) in [4.78, 5) is 0. The van der Waals surface area contributed by atoms with Gasteiger partial charge in [0.05, 0.1) is 5.44 Å². The van der Waals surface area contributed by atoms with Crippen LogP contribution in [0.3, 0.4) is 0 Å². The molecule has 3 nitrogen and oxygen atoms in total. The number of hydrogen-bond acceptors (Lipinski definition) is 3. The van der Waals surface area contributed by atoms with E-state index in [-0.39, 0.29) is 16.0 Å². The van der Waals surface area contributed by atoms with Crippen molar-refractivity contribution in [3.63, 3.8) is 0 Å². The summed E-state index contributed by atoms with van der Waals surface area (Å²) < 4.78 is 2.66. The molecule has 3 aliphatic heterocycles. The number of hydrogen-bond donors (Lipinski definition) is 1. The van der Waals surface area contributed by atoms with Gasteiger partial charge in [0, 0.05) is 20.8 Å². The van der Waals surface area contributed by atoms with Crippen molar-refractivity contribution in [3.05, 3.63) is 11.6 Å². The van der Waals surface area contributed by atoms with Crippen LogP contribution in [0.4, 0.5) is 0 Å². The Bertz CT molecular complexity index is 394. The van der Waals surface area contributed by atoms with Crippen molar-refractivity contribution in [1.29, 1.82) is 0 Å². The number of nitrogens with zero attached hydrogens (tertiary/aromatic N) is 2. The van der Waals surface area contributed by atoms with E-state index in [2.05, 4.69) is 56.1 Å². The van der Waals surface area contributed by atoms with Crippen LogP contribution in [0.1, 0.15) is 60.3 Å². The Morgan fingerprint density at radius 2 is 1.52 bits per heavy atom. The van der Waals surface area contributed by atoms with Crippen LogP contribution in [0.25, 0.3) is 0 Å². The Morgan fingerprint density at radius 1 is 1.00 bits per heavy atom. The third-order valence-corrected chi connectivity index (χ3v) is 11.9. The van der Waals surface area contributed by atoms with Gasteiger partial charge in [-0.3, -0.25) is 9.79 Å². The predicted molar refractivity (Wildman–Crippen MR) is 95.6 cm³/mol. The normalized spacial score (nSPS) is 38.6. The Hall–Kier alpha value is 0.160. The highest BCUT2D eigenvalue weighted by Gasteiger charge is 2.44. The van der Waals surface area contributed by atoms with Gasteiger partial charge in [-0.25, -0.2) is 0 Å². The van der Waals surface area contributed by atoms with E-state index >= 15 is 0 Å². The zero-order valence-electron chi connectivity index (χ0n) is 14.2. The van der Waals surface area contributed by atoms with Crippen molar-refractivity contribution in [2.24, 2.45) is 0 Å². The largest absolute Gasteiger partial charge is 0.296 e. The van der Waals surface area contributed by atoms with E-state index in [1.54, 1.807) is 5.44 Å². The zero-order chi connectivity index (χ0) is 15.1. The molecule has 0 aromatic carbocycles. The molecule has 2 fully saturated rings. The maximum atomic E-state index is 3.73. The van der Waals surface area contributed by atoms with Crippen molar-refractivity contribution >= 4 is 16.0 Å². The molecule has 0 spiro atoms. The molecule has 0 unspecified atom stereocenters. The first-order valence-corrected chi connectivity index (χ1v) is 11.6. The third kappa shape index (κ3) is 2.87. The minimum absolute atomic E-state index is 0.00453. The smallest absolute Gasteiger partial charge is 0.0758 e. The van der Waals surface area contributed by atoms with Crippen LogP contribution in [0.15, 0.2) is 11.6 Å². The Labute approximate surface area is 133 Å². The second-order valence-corrected chi connectivity index (χ2v) is 13.0. The first kappa shape index (κ1) is 16.0. The minimum atomic E-state index is -0.0661. The van der Waals surface area contributed by atoms with E-state index in [1.165, 1.54) is 25.7 Å². The van der Waals surface area contributed by atoms with Gasteiger partial charge in [-0.15, -0.1) is 5.53 Å². The topological polar surface area (TPSA) is 18.5 Å². The van der Waals surface area contributed by atoms with Crippen LogP contribution in [0.5, 0.6) is 0 Å². The third-order valence-electron chi connectivity index (χ3n) is 5.41. The molecule has 0 radical (unpaired) electrons. The number of nitrogens with one attached hydrogen (secondary N) is 1. The summed E-state index contributed by atoms with van der Waals surface area (Å²) in [6.07, 6.45) is 8.12. The predicted octanol–water partition coefficient (Wildman–Crippen LogP) is 4.86. The molecule has 1 N–H and O–H groups in total. The summed E-state index contributed by atoms with van der Waals surface area (Å²) >= 11 is 0. The molecular formula is C16H31N3P2. The standard InChI is InChI=1S/C16H31N3P2/c1-6-18-11-16(20-12(2)7-8-13(20)3)19(17-18)21-14(4)9-10-15(21)5/h11-15,17H,6-10H2,1-5H3/t12-,13-,14-,15-/m0/s1. The van der Waals surface area contributed by atoms with E-state index in [0.717, 1.165) is 29.2 Å². The second-order valence-electron chi connectivity index (χ2n) is 7.02. The van der Waals surface area contributed by atoms with E-state index in [1.807, 2.05) is 0 Å². The lowest BCUT2D eigenvalue weighted by molar-refractivity contribution is 0.215. The summed E-state index contributed by atoms with van der Waals surface area (Å²) in [5, 5.41) is 2.32. The van der Waals surface area contributed by atoms with Gasteiger partial charge in [-0.05, 0) is 63.2 Å². The second kappa shape index (κ2) is 6.34. The average Bonchev–Trinajstić information content (AvgIpc) is 3.09. The maximum absolute atomic E-state index is 3.73. The fraction of sp³-hybridized carbons (Fsp3) is 0.875. The summed E-state index contributed by atoms with van der Waals surface area (Å²) in [6, 6.07) is 0. The Morgan fingerprint density at radius 3 is 2.05 bits per heavy atom. The van der Waals surface area contributed by atoms with Gasteiger partial charge in [-0.2, -0.15) is 0 Å². The van der Waals surface area contributed by atoms with E-state index in [0.29, 0.717) is 0 Å². The highest BCUT2D eigenvalue weighted by atomic mass is 31.1. The van der Waals surface area contributed by atoms with Crippen molar-refractivity contribution in [2.45, 2.75) is 82.9 Å². The summed E-state index contributed by atoms with van der Waals surface area (Å²) in [6.45, 7) is 13.2. The van der Waals surface area contributed by atoms with Crippen molar-refractivity contribution in [3.8, 4) is 0 Å². The van der Waals surface area contributed by atoms with Gasteiger partial charge in [-0.1, -0.05) is 27.7 Å². The maximum Gasteiger partial charge on any atom is 0.0758 e. The first-order chi connectivity index (χ1) is 10.0. The lowest BCUT2D eigenvalue weighted by atomic mass is 10.2. The van der Waals surface area contributed by atoms with Gasteiger partial charge in [0.1, 0.15) is 0 Å². The van der Waals surface area contributed by atoms with Crippen LogP contribution in [-0.2, 0) is 0 Å². The first-order valence-electron chi connectivity index (χ1n) is 8.64. The molecule has 3 heterocycles.